The first-order chi connectivity index (χ1) is 11.6. The lowest BCUT2D eigenvalue weighted by Crippen LogP contribution is -2.15. The molecule has 1 saturated carbocycles. The highest BCUT2D eigenvalue weighted by atomic mass is 32.1. The van der Waals surface area contributed by atoms with Crippen molar-refractivity contribution in [3.8, 4) is 5.75 Å². The first kappa shape index (κ1) is 15.0. The van der Waals surface area contributed by atoms with Gasteiger partial charge in [0.1, 0.15) is 17.3 Å². The monoisotopic (exact) mass is 340 g/mol. The van der Waals surface area contributed by atoms with Gasteiger partial charge in [-0.1, -0.05) is 0 Å². The van der Waals surface area contributed by atoms with E-state index in [9.17, 15) is 4.79 Å². The van der Waals surface area contributed by atoms with Crippen LogP contribution >= 0.6 is 11.3 Å². The van der Waals surface area contributed by atoms with Crippen LogP contribution in [-0.2, 0) is 0 Å². The first-order valence-electron chi connectivity index (χ1n) is 7.73. The molecule has 122 valence electrons. The van der Waals surface area contributed by atoms with Crippen LogP contribution in [-0.4, -0.2) is 28.0 Å². The Hall–Kier alpha value is -2.54. The minimum atomic E-state index is -0.266. The summed E-state index contributed by atoms with van der Waals surface area (Å²) >= 11 is 1.58. The van der Waals surface area contributed by atoms with Crippen LogP contribution in [0.1, 0.15) is 40.1 Å². The van der Waals surface area contributed by atoms with E-state index in [1.165, 1.54) is 0 Å². The summed E-state index contributed by atoms with van der Waals surface area (Å²) in [5.74, 6) is 1.47. The van der Waals surface area contributed by atoms with E-state index in [0.717, 1.165) is 33.9 Å². The molecule has 1 aromatic carbocycles. The van der Waals surface area contributed by atoms with Crippen molar-refractivity contribution in [1.29, 1.82) is 0 Å². The van der Waals surface area contributed by atoms with Gasteiger partial charge in [0.05, 0.1) is 28.0 Å². The van der Waals surface area contributed by atoms with E-state index >= 15 is 0 Å². The lowest BCUT2D eigenvalue weighted by atomic mass is 10.2. The topological polar surface area (TPSA) is 77.0 Å². The number of amides is 1. The number of aryl methyl sites for hydroxylation is 1. The molecule has 0 aliphatic heterocycles. The number of rotatable bonds is 4. The van der Waals surface area contributed by atoms with Crippen LogP contribution in [0.25, 0.3) is 10.2 Å². The van der Waals surface area contributed by atoms with Crippen molar-refractivity contribution in [3.63, 3.8) is 0 Å². The van der Waals surface area contributed by atoms with E-state index in [-0.39, 0.29) is 5.91 Å². The van der Waals surface area contributed by atoms with E-state index in [2.05, 4.69) is 20.3 Å². The number of fused-ring (bicyclic) bond motifs is 1. The fraction of sp³-hybridized carbons (Fsp3) is 0.294. The fourth-order valence-electron chi connectivity index (χ4n) is 2.56. The Morgan fingerprint density at radius 3 is 2.92 bits per heavy atom. The second-order valence-corrected chi connectivity index (χ2v) is 7.02. The van der Waals surface area contributed by atoms with Crippen LogP contribution in [0.3, 0.4) is 0 Å². The number of carbonyl (C=O) groups excluding carboxylic acids is 1. The molecule has 2 heterocycles. The largest absolute Gasteiger partial charge is 0.494 e. The van der Waals surface area contributed by atoms with Crippen LogP contribution in [0.2, 0.25) is 0 Å². The number of ether oxygens (including phenoxy) is 1. The van der Waals surface area contributed by atoms with Crippen molar-refractivity contribution >= 4 is 33.1 Å². The van der Waals surface area contributed by atoms with Crippen molar-refractivity contribution in [2.24, 2.45) is 0 Å². The van der Waals surface area contributed by atoms with Gasteiger partial charge in [-0.05, 0) is 31.9 Å². The predicted molar refractivity (Wildman–Crippen MR) is 92.9 cm³/mol. The summed E-state index contributed by atoms with van der Waals surface area (Å²) in [4.78, 5) is 25.6. The molecule has 1 aliphatic carbocycles. The predicted octanol–water partition coefficient (Wildman–Crippen LogP) is 3.53. The quantitative estimate of drug-likeness (QED) is 0.786. The molecule has 24 heavy (non-hydrogen) atoms. The maximum absolute atomic E-state index is 12.5. The van der Waals surface area contributed by atoms with Gasteiger partial charge >= 0.3 is 0 Å². The standard InChI is InChI=1S/C17H16N4O2S/c1-9-19-13-7-14(23-2)12(8-15(13)24-9)21-17(22)11-5-6-18-16(20-11)10-3-4-10/h5-8,10H,3-4H2,1-2H3,(H,21,22). The number of carbonyl (C=O) groups is 1. The Morgan fingerprint density at radius 2 is 2.17 bits per heavy atom. The molecule has 6 nitrogen and oxygen atoms in total. The van der Waals surface area contributed by atoms with Crippen molar-refractivity contribution in [2.45, 2.75) is 25.7 Å². The third-order valence-electron chi connectivity index (χ3n) is 3.91. The minimum absolute atomic E-state index is 0.266. The fourth-order valence-corrected chi connectivity index (χ4v) is 3.41. The molecule has 0 bridgehead atoms. The second-order valence-electron chi connectivity index (χ2n) is 5.78. The van der Waals surface area contributed by atoms with Gasteiger partial charge in [0.15, 0.2) is 0 Å². The third-order valence-corrected chi connectivity index (χ3v) is 4.85. The second kappa shape index (κ2) is 5.83. The zero-order valence-electron chi connectivity index (χ0n) is 13.4. The maximum Gasteiger partial charge on any atom is 0.274 e. The van der Waals surface area contributed by atoms with E-state index in [0.29, 0.717) is 23.0 Å². The molecular formula is C17H16N4O2S. The Balaban J connectivity index is 1.65. The zero-order valence-corrected chi connectivity index (χ0v) is 14.2. The maximum atomic E-state index is 12.5. The lowest BCUT2D eigenvalue weighted by Gasteiger charge is -2.10. The highest BCUT2D eigenvalue weighted by Crippen LogP contribution is 2.38. The Morgan fingerprint density at radius 1 is 1.33 bits per heavy atom. The number of methoxy groups -OCH3 is 1. The van der Waals surface area contributed by atoms with Crippen LogP contribution < -0.4 is 10.1 Å². The van der Waals surface area contributed by atoms with Gasteiger partial charge in [-0.3, -0.25) is 4.79 Å². The van der Waals surface area contributed by atoms with Gasteiger partial charge in [-0.15, -0.1) is 11.3 Å². The molecule has 3 aromatic rings. The number of hydrogen-bond donors (Lipinski definition) is 1. The third kappa shape index (κ3) is 2.82. The highest BCUT2D eigenvalue weighted by Gasteiger charge is 2.27. The van der Waals surface area contributed by atoms with Crippen molar-refractivity contribution in [2.75, 3.05) is 12.4 Å². The van der Waals surface area contributed by atoms with Crippen LogP contribution in [0.5, 0.6) is 5.75 Å². The molecule has 1 N–H and O–H groups in total. The number of hydrogen-bond acceptors (Lipinski definition) is 6. The summed E-state index contributed by atoms with van der Waals surface area (Å²) in [6.45, 7) is 1.95. The summed E-state index contributed by atoms with van der Waals surface area (Å²) in [7, 11) is 1.58. The van der Waals surface area contributed by atoms with Crippen molar-refractivity contribution in [1.82, 2.24) is 15.0 Å². The summed E-state index contributed by atoms with van der Waals surface area (Å²) in [5, 5.41) is 3.86. The minimum Gasteiger partial charge on any atom is -0.494 e. The van der Waals surface area contributed by atoms with E-state index in [1.54, 1.807) is 30.7 Å². The normalized spacial score (nSPS) is 13.9. The molecule has 4 rings (SSSR count). The number of aromatic nitrogens is 3. The molecule has 0 spiro atoms. The van der Waals surface area contributed by atoms with Gasteiger partial charge in [0, 0.05) is 18.2 Å². The summed E-state index contributed by atoms with van der Waals surface area (Å²) in [6.07, 6.45) is 3.84. The van der Waals surface area contributed by atoms with Crippen molar-refractivity contribution < 1.29 is 9.53 Å². The average Bonchev–Trinajstić information content (AvgIpc) is 3.36. The molecule has 7 heteroatoms. The number of anilines is 1. The Kier molecular flexibility index (Phi) is 3.65. The highest BCUT2D eigenvalue weighted by molar-refractivity contribution is 7.18. The Bertz CT molecular complexity index is 933. The van der Waals surface area contributed by atoms with Crippen LogP contribution in [0.4, 0.5) is 5.69 Å². The average molecular weight is 340 g/mol. The summed E-state index contributed by atoms with van der Waals surface area (Å²) in [5.41, 5.74) is 1.85. The van der Waals surface area contributed by atoms with Gasteiger partial charge in [0.2, 0.25) is 0 Å². The van der Waals surface area contributed by atoms with Crippen LogP contribution in [0.15, 0.2) is 24.4 Å². The molecule has 0 saturated heterocycles. The van der Waals surface area contributed by atoms with E-state index in [4.69, 9.17) is 4.74 Å². The van der Waals surface area contributed by atoms with Gasteiger partial charge in [-0.25, -0.2) is 15.0 Å². The van der Waals surface area contributed by atoms with Gasteiger partial charge < -0.3 is 10.1 Å². The lowest BCUT2D eigenvalue weighted by molar-refractivity contribution is 0.102. The Labute approximate surface area is 142 Å². The number of thiazole rings is 1. The zero-order chi connectivity index (χ0) is 16.7. The SMILES string of the molecule is COc1cc2nc(C)sc2cc1NC(=O)c1ccnc(C2CC2)n1. The molecule has 0 unspecified atom stereocenters. The summed E-state index contributed by atoms with van der Waals surface area (Å²) < 4.78 is 6.39. The van der Waals surface area contributed by atoms with Gasteiger partial charge in [0.25, 0.3) is 5.91 Å². The first-order valence-corrected chi connectivity index (χ1v) is 8.55. The molecule has 1 fully saturated rings. The van der Waals surface area contributed by atoms with E-state index in [1.807, 2.05) is 19.1 Å². The molecule has 0 atom stereocenters. The number of nitrogens with one attached hydrogen (secondary N) is 1. The van der Waals surface area contributed by atoms with E-state index < -0.39 is 0 Å². The molecule has 1 aliphatic rings. The summed E-state index contributed by atoms with van der Waals surface area (Å²) in [6, 6.07) is 5.35. The number of nitrogens with zero attached hydrogens (tertiary/aromatic N) is 3. The molecule has 2 aromatic heterocycles. The molecule has 1 amide bonds. The van der Waals surface area contributed by atoms with Crippen LogP contribution in [0, 0.1) is 6.92 Å². The molecular weight excluding hydrogens is 324 g/mol. The number of benzene rings is 1. The van der Waals surface area contributed by atoms with Crippen molar-refractivity contribution in [3.05, 3.63) is 40.9 Å². The van der Waals surface area contributed by atoms with Gasteiger partial charge in [-0.2, -0.15) is 0 Å². The molecule has 0 radical (unpaired) electrons. The smallest absolute Gasteiger partial charge is 0.274 e.